The Morgan fingerprint density at radius 1 is 1.38 bits per heavy atom. The first kappa shape index (κ1) is 12.6. The van der Waals surface area contributed by atoms with Crippen molar-refractivity contribution in [2.75, 3.05) is 6.61 Å². The zero-order chi connectivity index (χ0) is 14.1. The molecule has 21 heavy (non-hydrogen) atoms. The predicted octanol–water partition coefficient (Wildman–Crippen LogP) is 2.93. The molecule has 3 heterocycles. The molecule has 2 atom stereocenters. The number of H-pyrrole nitrogens is 1. The molecule has 2 aromatic heterocycles. The molecule has 3 aromatic rings. The molecule has 5 heteroatoms. The van der Waals surface area contributed by atoms with Crippen LogP contribution in [0.3, 0.4) is 0 Å². The van der Waals surface area contributed by atoms with Crippen LogP contribution in [0.15, 0.2) is 43.2 Å². The lowest BCUT2D eigenvalue weighted by Crippen LogP contribution is -2.23. The lowest BCUT2D eigenvalue weighted by atomic mass is 9.91. The van der Waals surface area contributed by atoms with E-state index in [9.17, 15) is 0 Å². The van der Waals surface area contributed by atoms with E-state index in [4.69, 9.17) is 4.74 Å². The van der Waals surface area contributed by atoms with Gasteiger partial charge >= 0.3 is 0 Å². The number of rotatable bonds is 3. The summed E-state index contributed by atoms with van der Waals surface area (Å²) in [5.74, 6) is 0.635. The number of aromatic nitrogens is 4. The van der Waals surface area contributed by atoms with Gasteiger partial charge in [0.2, 0.25) is 0 Å². The molecule has 1 aliphatic heterocycles. The summed E-state index contributed by atoms with van der Waals surface area (Å²) in [5, 5.41) is 0. The summed E-state index contributed by atoms with van der Waals surface area (Å²) in [6.45, 7) is 1.84. The molecule has 0 radical (unpaired) electrons. The fourth-order valence-corrected chi connectivity index (χ4v) is 3.11. The number of nitrogens with one attached hydrogen (secondary N) is 1. The summed E-state index contributed by atoms with van der Waals surface area (Å²) < 4.78 is 8.14. The number of benzene rings is 1. The maximum atomic E-state index is 5.98. The minimum atomic E-state index is 0.181. The Bertz CT molecular complexity index is 719. The van der Waals surface area contributed by atoms with E-state index in [0.717, 1.165) is 37.0 Å². The topological polar surface area (TPSA) is 55.7 Å². The highest BCUT2D eigenvalue weighted by Crippen LogP contribution is 2.33. The Morgan fingerprint density at radius 2 is 2.38 bits per heavy atom. The Balaban J connectivity index is 1.51. The number of hydrogen-bond donors (Lipinski definition) is 1. The van der Waals surface area contributed by atoms with Crippen LogP contribution >= 0.6 is 0 Å². The van der Waals surface area contributed by atoms with E-state index in [2.05, 4.69) is 37.7 Å². The molecule has 1 N–H and O–H groups in total. The van der Waals surface area contributed by atoms with Gasteiger partial charge in [-0.05, 0) is 36.5 Å². The zero-order valence-corrected chi connectivity index (χ0v) is 11.8. The van der Waals surface area contributed by atoms with Gasteiger partial charge in [0.25, 0.3) is 0 Å². The van der Waals surface area contributed by atoms with E-state index in [1.165, 1.54) is 5.56 Å². The van der Waals surface area contributed by atoms with Crippen molar-refractivity contribution in [3.8, 4) is 0 Å². The van der Waals surface area contributed by atoms with Crippen molar-refractivity contribution in [2.24, 2.45) is 5.92 Å². The third-order valence-electron chi connectivity index (χ3n) is 4.24. The Kier molecular flexibility index (Phi) is 3.20. The van der Waals surface area contributed by atoms with Gasteiger partial charge in [-0.2, -0.15) is 0 Å². The van der Waals surface area contributed by atoms with Gasteiger partial charge in [0.05, 0.1) is 29.8 Å². The number of aromatic amines is 1. The first-order valence-corrected chi connectivity index (χ1v) is 7.39. The van der Waals surface area contributed by atoms with Gasteiger partial charge in [-0.15, -0.1) is 0 Å². The Hall–Kier alpha value is -2.14. The van der Waals surface area contributed by atoms with Gasteiger partial charge in [-0.3, -0.25) is 0 Å². The van der Waals surface area contributed by atoms with Crippen LogP contribution in [0.2, 0.25) is 0 Å². The average molecular weight is 282 g/mol. The Morgan fingerprint density at radius 3 is 3.29 bits per heavy atom. The first-order valence-electron chi connectivity index (χ1n) is 7.39. The van der Waals surface area contributed by atoms with E-state index in [0.29, 0.717) is 5.92 Å². The van der Waals surface area contributed by atoms with Crippen molar-refractivity contribution >= 4 is 11.0 Å². The quantitative estimate of drug-likeness (QED) is 0.803. The normalized spacial score (nSPS) is 22.7. The molecule has 4 rings (SSSR count). The van der Waals surface area contributed by atoms with Gasteiger partial charge in [0.15, 0.2) is 0 Å². The van der Waals surface area contributed by atoms with E-state index >= 15 is 0 Å². The summed E-state index contributed by atoms with van der Waals surface area (Å²) in [5.41, 5.74) is 3.32. The highest BCUT2D eigenvalue weighted by atomic mass is 16.5. The van der Waals surface area contributed by atoms with Crippen LogP contribution in [0.4, 0.5) is 0 Å². The molecule has 0 saturated carbocycles. The molecular formula is C16H18N4O. The van der Waals surface area contributed by atoms with Crippen molar-refractivity contribution in [3.63, 3.8) is 0 Å². The van der Waals surface area contributed by atoms with Crippen LogP contribution in [-0.4, -0.2) is 26.1 Å². The van der Waals surface area contributed by atoms with Crippen molar-refractivity contribution in [1.29, 1.82) is 0 Å². The lowest BCUT2D eigenvalue weighted by Gasteiger charge is -2.30. The maximum Gasteiger partial charge on any atom is 0.0945 e. The average Bonchev–Trinajstić information content (AvgIpc) is 3.17. The molecule has 0 spiro atoms. The molecule has 2 unspecified atom stereocenters. The van der Waals surface area contributed by atoms with E-state index in [1.807, 2.05) is 18.7 Å². The second-order valence-corrected chi connectivity index (χ2v) is 5.69. The summed E-state index contributed by atoms with van der Waals surface area (Å²) in [4.78, 5) is 11.5. The van der Waals surface area contributed by atoms with Crippen molar-refractivity contribution in [3.05, 3.63) is 48.8 Å². The molecule has 1 saturated heterocycles. The summed E-state index contributed by atoms with van der Waals surface area (Å²) >= 11 is 0. The van der Waals surface area contributed by atoms with Crippen molar-refractivity contribution in [1.82, 2.24) is 19.5 Å². The molecule has 1 fully saturated rings. The summed E-state index contributed by atoms with van der Waals surface area (Å²) in [6.07, 6.45) is 9.84. The van der Waals surface area contributed by atoms with Crippen LogP contribution in [-0.2, 0) is 11.3 Å². The van der Waals surface area contributed by atoms with Gasteiger partial charge < -0.3 is 14.3 Å². The monoisotopic (exact) mass is 282 g/mol. The molecule has 0 aliphatic carbocycles. The van der Waals surface area contributed by atoms with Crippen LogP contribution in [0.1, 0.15) is 24.5 Å². The minimum Gasteiger partial charge on any atom is -0.374 e. The van der Waals surface area contributed by atoms with Gasteiger partial charge in [0.1, 0.15) is 0 Å². The summed E-state index contributed by atoms with van der Waals surface area (Å²) in [6, 6.07) is 6.35. The maximum absolute atomic E-state index is 5.98. The number of imidazole rings is 2. The third kappa shape index (κ3) is 2.56. The van der Waals surface area contributed by atoms with Gasteiger partial charge in [-0.25, -0.2) is 9.97 Å². The highest BCUT2D eigenvalue weighted by Gasteiger charge is 2.24. The zero-order valence-electron chi connectivity index (χ0n) is 11.8. The Labute approximate surface area is 123 Å². The smallest absolute Gasteiger partial charge is 0.0945 e. The fraction of sp³-hybridized carbons (Fsp3) is 0.375. The number of hydrogen-bond acceptors (Lipinski definition) is 3. The number of fused-ring (bicyclic) bond motifs is 1. The fourth-order valence-electron chi connectivity index (χ4n) is 3.11. The molecule has 108 valence electrons. The molecule has 1 aromatic carbocycles. The lowest BCUT2D eigenvalue weighted by molar-refractivity contribution is -0.0138. The van der Waals surface area contributed by atoms with Crippen LogP contribution in [0.25, 0.3) is 11.0 Å². The standard InChI is InChI=1S/C16H18N4O/c1-2-14-15(19-10-18-14)8-13(1)16-7-12(3-6-21-16)9-20-5-4-17-11-20/h1-2,4-5,8,10-12,16H,3,6-7,9H2,(H,18,19). The van der Waals surface area contributed by atoms with Gasteiger partial charge in [-0.1, -0.05) is 6.07 Å². The largest absolute Gasteiger partial charge is 0.374 e. The van der Waals surface area contributed by atoms with E-state index < -0.39 is 0 Å². The molecule has 0 bridgehead atoms. The summed E-state index contributed by atoms with van der Waals surface area (Å²) in [7, 11) is 0. The third-order valence-corrected chi connectivity index (χ3v) is 4.24. The first-order chi connectivity index (χ1) is 10.4. The predicted molar refractivity (Wildman–Crippen MR) is 79.7 cm³/mol. The second-order valence-electron chi connectivity index (χ2n) is 5.69. The van der Waals surface area contributed by atoms with Crippen molar-refractivity contribution in [2.45, 2.75) is 25.5 Å². The number of ether oxygens (including phenoxy) is 1. The highest BCUT2D eigenvalue weighted by molar-refractivity contribution is 5.75. The molecule has 1 aliphatic rings. The van der Waals surface area contributed by atoms with Crippen LogP contribution in [0, 0.1) is 5.92 Å². The minimum absolute atomic E-state index is 0.181. The van der Waals surface area contributed by atoms with Crippen LogP contribution in [0.5, 0.6) is 0 Å². The molecular weight excluding hydrogens is 264 g/mol. The number of nitrogens with zero attached hydrogens (tertiary/aromatic N) is 3. The van der Waals surface area contributed by atoms with Crippen molar-refractivity contribution < 1.29 is 4.74 Å². The molecule has 0 amide bonds. The second kappa shape index (κ2) is 5.33. The van der Waals surface area contributed by atoms with E-state index in [-0.39, 0.29) is 6.10 Å². The van der Waals surface area contributed by atoms with Gasteiger partial charge in [0, 0.05) is 25.5 Å². The SMILES string of the molecule is c1cn(CC2CCOC(c3ccc4nc[nH]c4c3)C2)cn1. The van der Waals surface area contributed by atoms with Crippen LogP contribution < -0.4 is 0 Å². The van der Waals surface area contributed by atoms with E-state index in [1.54, 1.807) is 6.33 Å². The molecule has 5 nitrogen and oxygen atoms in total.